The van der Waals surface area contributed by atoms with Crippen LogP contribution >= 0.6 is 11.6 Å². The predicted octanol–water partition coefficient (Wildman–Crippen LogP) is 5.40. The Morgan fingerprint density at radius 3 is 2.29 bits per heavy atom. The molecule has 6 rings (SSSR count). The first-order valence-electron chi connectivity index (χ1n) is 12.6. The number of hydrogen-bond acceptors (Lipinski definition) is 2. The molecule has 4 heteroatoms. The minimum Gasteiger partial charge on any atom is -0.353 e. The molecule has 5 aliphatic carbocycles. The van der Waals surface area contributed by atoms with E-state index in [0.717, 1.165) is 63.8 Å². The van der Waals surface area contributed by atoms with Gasteiger partial charge in [0.2, 0.25) is 5.91 Å². The number of alkyl halides is 1. The number of amides is 1. The van der Waals surface area contributed by atoms with Crippen molar-refractivity contribution in [2.45, 2.75) is 82.6 Å². The highest BCUT2D eigenvalue weighted by atomic mass is 35.5. The quantitative estimate of drug-likeness (QED) is 0.579. The highest BCUT2D eigenvalue weighted by molar-refractivity contribution is 6.17. The van der Waals surface area contributed by atoms with Gasteiger partial charge in [0.05, 0.1) is 5.41 Å². The van der Waals surface area contributed by atoms with Crippen molar-refractivity contribution in [3.05, 3.63) is 35.9 Å². The molecule has 3 N–H and O–H groups in total. The van der Waals surface area contributed by atoms with Gasteiger partial charge in [-0.15, -0.1) is 11.6 Å². The standard InChI is InChI=1S/C27H39ClN2O/c1-25(11-12-28)21-13-26(20-5-3-2-4-6-20)14-22(25)16-27(15-21,18-26)24(31)30-23-9-7-19(17-29)8-10-23/h2-6,19,21-23H,7-18,29H2,1H3,(H,30,31)/t19?,21-,22?,23?,25?,26?,27?/m0/s1. The van der Waals surface area contributed by atoms with E-state index in [9.17, 15) is 4.79 Å². The third kappa shape index (κ3) is 3.55. The first kappa shape index (κ1) is 21.8. The van der Waals surface area contributed by atoms with Gasteiger partial charge in [-0.1, -0.05) is 37.3 Å². The summed E-state index contributed by atoms with van der Waals surface area (Å²) >= 11 is 6.30. The Kier molecular flexibility index (Phi) is 5.66. The highest BCUT2D eigenvalue weighted by Crippen LogP contribution is 2.72. The molecule has 4 unspecified atom stereocenters. The summed E-state index contributed by atoms with van der Waals surface area (Å²) in [6, 6.07) is 11.4. The fraction of sp³-hybridized carbons (Fsp3) is 0.741. The van der Waals surface area contributed by atoms with Gasteiger partial charge in [0.15, 0.2) is 0 Å². The fourth-order valence-corrected chi connectivity index (χ4v) is 8.70. The average molecular weight is 443 g/mol. The van der Waals surface area contributed by atoms with Gasteiger partial charge < -0.3 is 11.1 Å². The van der Waals surface area contributed by atoms with Gasteiger partial charge in [-0.2, -0.15) is 0 Å². The maximum absolute atomic E-state index is 13.9. The smallest absolute Gasteiger partial charge is 0.226 e. The van der Waals surface area contributed by atoms with Gasteiger partial charge >= 0.3 is 0 Å². The van der Waals surface area contributed by atoms with Crippen LogP contribution in [0.1, 0.15) is 76.7 Å². The van der Waals surface area contributed by atoms with E-state index in [4.69, 9.17) is 17.3 Å². The molecular formula is C27H39ClN2O. The second kappa shape index (κ2) is 8.06. The predicted molar refractivity (Wildman–Crippen MR) is 127 cm³/mol. The first-order chi connectivity index (χ1) is 14.9. The van der Waals surface area contributed by atoms with Crippen LogP contribution in [0.4, 0.5) is 0 Å². The van der Waals surface area contributed by atoms with Crippen LogP contribution in [0.15, 0.2) is 30.3 Å². The summed E-state index contributed by atoms with van der Waals surface area (Å²) in [5.41, 5.74) is 7.58. The Balaban J connectivity index is 1.42. The Bertz CT molecular complexity index is 785. The molecule has 31 heavy (non-hydrogen) atoms. The first-order valence-corrected chi connectivity index (χ1v) is 13.1. The molecule has 1 aromatic rings. The maximum atomic E-state index is 13.9. The number of benzene rings is 1. The van der Waals surface area contributed by atoms with Crippen LogP contribution < -0.4 is 11.1 Å². The van der Waals surface area contributed by atoms with Crippen molar-refractivity contribution in [2.24, 2.45) is 34.3 Å². The zero-order chi connectivity index (χ0) is 21.7. The lowest BCUT2D eigenvalue weighted by molar-refractivity contribution is -0.176. The molecule has 0 aromatic heterocycles. The van der Waals surface area contributed by atoms with Crippen LogP contribution in [0.2, 0.25) is 0 Å². The van der Waals surface area contributed by atoms with Crippen LogP contribution in [-0.2, 0) is 10.2 Å². The highest BCUT2D eigenvalue weighted by Gasteiger charge is 2.67. The molecule has 0 spiro atoms. The van der Waals surface area contributed by atoms with Crippen LogP contribution in [0, 0.1) is 28.6 Å². The molecule has 3 nitrogen and oxygen atoms in total. The lowest BCUT2D eigenvalue weighted by Gasteiger charge is -2.68. The number of rotatable bonds is 6. The zero-order valence-electron chi connectivity index (χ0n) is 19.0. The molecule has 5 fully saturated rings. The largest absolute Gasteiger partial charge is 0.353 e. The van der Waals surface area contributed by atoms with E-state index in [1.165, 1.54) is 18.4 Å². The van der Waals surface area contributed by atoms with Crippen molar-refractivity contribution in [3.8, 4) is 0 Å². The van der Waals surface area contributed by atoms with E-state index in [0.29, 0.717) is 29.7 Å². The Morgan fingerprint density at radius 2 is 1.71 bits per heavy atom. The summed E-state index contributed by atoms with van der Waals surface area (Å²) < 4.78 is 0. The molecule has 5 aliphatic rings. The molecule has 0 aliphatic heterocycles. The number of carbonyl (C=O) groups is 1. The molecule has 0 radical (unpaired) electrons. The summed E-state index contributed by atoms with van der Waals surface area (Å²) in [6.07, 6.45) is 11.1. The summed E-state index contributed by atoms with van der Waals surface area (Å²) in [4.78, 5) is 13.9. The molecule has 1 amide bonds. The van der Waals surface area contributed by atoms with Crippen molar-refractivity contribution < 1.29 is 4.79 Å². The molecule has 0 saturated heterocycles. The van der Waals surface area contributed by atoms with E-state index in [2.05, 4.69) is 42.6 Å². The number of carbonyl (C=O) groups excluding carboxylic acids is 1. The van der Waals surface area contributed by atoms with E-state index >= 15 is 0 Å². The molecule has 0 heterocycles. The minimum atomic E-state index is -0.196. The van der Waals surface area contributed by atoms with Gasteiger partial charge in [-0.05, 0) is 105 Å². The summed E-state index contributed by atoms with van der Waals surface area (Å²) in [5.74, 6) is 2.90. The van der Waals surface area contributed by atoms with Gasteiger partial charge in [0, 0.05) is 11.9 Å². The number of hydrogen-bond donors (Lipinski definition) is 2. The Hall–Kier alpha value is -1.06. The Morgan fingerprint density at radius 1 is 1.06 bits per heavy atom. The number of nitrogens with one attached hydrogen (secondary N) is 1. The maximum Gasteiger partial charge on any atom is 0.226 e. The van der Waals surface area contributed by atoms with Gasteiger partial charge in [-0.25, -0.2) is 0 Å². The monoisotopic (exact) mass is 442 g/mol. The SMILES string of the molecule is CC1(CCCl)C2CC3(C(=O)NC4CCC(CN)CC4)C[C@@H]1CC(c1ccccc1)(C2)C3. The van der Waals surface area contributed by atoms with E-state index < -0.39 is 0 Å². The van der Waals surface area contributed by atoms with Crippen molar-refractivity contribution in [1.29, 1.82) is 0 Å². The molecule has 170 valence electrons. The topological polar surface area (TPSA) is 55.1 Å². The second-order valence-corrected chi connectivity index (χ2v) is 12.1. The normalized spacial score (nSPS) is 43.7. The van der Waals surface area contributed by atoms with Gasteiger partial charge in [0.25, 0.3) is 0 Å². The third-order valence-corrected chi connectivity index (χ3v) is 10.3. The Labute approximate surface area is 192 Å². The fourth-order valence-electron chi connectivity index (χ4n) is 8.29. The van der Waals surface area contributed by atoms with Crippen LogP contribution in [-0.4, -0.2) is 24.4 Å². The van der Waals surface area contributed by atoms with Crippen molar-refractivity contribution in [1.82, 2.24) is 5.32 Å². The molecular weight excluding hydrogens is 404 g/mol. The van der Waals surface area contributed by atoms with Gasteiger partial charge in [0.1, 0.15) is 0 Å². The summed E-state index contributed by atoms with van der Waals surface area (Å²) in [6.45, 7) is 3.26. The molecule has 4 bridgehead atoms. The molecule has 5 atom stereocenters. The third-order valence-electron chi connectivity index (χ3n) is 10.1. The van der Waals surface area contributed by atoms with Crippen molar-refractivity contribution in [2.75, 3.05) is 12.4 Å². The van der Waals surface area contributed by atoms with Crippen LogP contribution in [0.3, 0.4) is 0 Å². The van der Waals surface area contributed by atoms with Gasteiger partial charge in [-0.3, -0.25) is 4.79 Å². The van der Waals surface area contributed by atoms with Crippen LogP contribution in [0.5, 0.6) is 0 Å². The molecule has 1 aromatic carbocycles. The number of halogens is 1. The summed E-state index contributed by atoms with van der Waals surface area (Å²) in [7, 11) is 0. The average Bonchev–Trinajstić information content (AvgIpc) is 2.78. The van der Waals surface area contributed by atoms with E-state index in [1.807, 2.05) is 0 Å². The van der Waals surface area contributed by atoms with Crippen molar-refractivity contribution in [3.63, 3.8) is 0 Å². The lowest BCUT2D eigenvalue weighted by Crippen LogP contribution is -2.65. The lowest BCUT2D eigenvalue weighted by atomic mass is 9.36. The van der Waals surface area contributed by atoms with Crippen LogP contribution in [0.25, 0.3) is 0 Å². The van der Waals surface area contributed by atoms with E-state index in [-0.39, 0.29) is 16.2 Å². The summed E-state index contributed by atoms with van der Waals surface area (Å²) in [5, 5.41) is 3.54. The molecule has 5 saturated carbocycles. The van der Waals surface area contributed by atoms with E-state index in [1.54, 1.807) is 0 Å². The van der Waals surface area contributed by atoms with Crippen molar-refractivity contribution >= 4 is 17.5 Å². The zero-order valence-corrected chi connectivity index (χ0v) is 19.8. The second-order valence-electron chi connectivity index (χ2n) is 11.7. The number of nitrogens with two attached hydrogens (primary N) is 1. The minimum absolute atomic E-state index is 0.160.